The van der Waals surface area contributed by atoms with E-state index in [1.165, 1.54) is 6.07 Å². The standard InChI is InChI=1S/C14H17BrN2O4/c1-14(13(18)19)5-2-6-16(9-14)8-10-3-4-11(15)7-12(10)17(20)21/h3-4,7H,2,5-6,8-9H2,1H3,(H,18,19). The van der Waals surface area contributed by atoms with E-state index in [2.05, 4.69) is 15.9 Å². The second kappa shape index (κ2) is 6.11. The summed E-state index contributed by atoms with van der Waals surface area (Å²) >= 11 is 3.23. The highest BCUT2D eigenvalue weighted by Gasteiger charge is 2.38. The molecule has 0 aliphatic carbocycles. The lowest BCUT2D eigenvalue weighted by molar-refractivity contribution is -0.385. The molecule has 7 heteroatoms. The summed E-state index contributed by atoms with van der Waals surface area (Å²) in [6.45, 7) is 3.30. The number of nitro groups is 1. The highest BCUT2D eigenvalue weighted by Crippen LogP contribution is 2.32. The van der Waals surface area contributed by atoms with Crippen molar-refractivity contribution in [1.82, 2.24) is 4.90 Å². The average molecular weight is 357 g/mol. The Morgan fingerprint density at radius 3 is 2.90 bits per heavy atom. The van der Waals surface area contributed by atoms with Crippen molar-refractivity contribution in [2.75, 3.05) is 13.1 Å². The Kier molecular flexibility index (Phi) is 4.63. The Labute approximate surface area is 131 Å². The average Bonchev–Trinajstić information content (AvgIpc) is 2.40. The van der Waals surface area contributed by atoms with Crippen molar-refractivity contribution in [2.24, 2.45) is 5.41 Å². The van der Waals surface area contributed by atoms with E-state index >= 15 is 0 Å². The fourth-order valence-electron chi connectivity index (χ4n) is 2.74. The van der Waals surface area contributed by atoms with Crippen molar-refractivity contribution in [3.05, 3.63) is 38.3 Å². The molecule has 1 aliphatic heterocycles. The third-order valence-electron chi connectivity index (χ3n) is 3.93. The normalized spacial score (nSPS) is 23.0. The van der Waals surface area contributed by atoms with E-state index in [1.807, 2.05) is 4.90 Å². The Morgan fingerprint density at radius 1 is 1.57 bits per heavy atom. The van der Waals surface area contributed by atoms with E-state index in [-0.39, 0.29) is 5.69 Å². The van der Waals surface area contributed by atoms with Crippen LogP contribution in [0.1, 0.15) is 25.3 Å². The van der Waals surface area contributed by atoms with Crippen LogP contribution in [0, 0.1) is 15.5 Å². The minimum absolute atomic E-state index is 0.0620. The number of carboxylic acids is 1. The van der Waals surface area contributed by atoms with E-state index in [1.54, 1.807) is 19.1 Å². The van der Waals surface area contributed by atoms with E-state index in [0.717, 1.165) is 13.0 Å². The van der Waals surface area contributed by atoms with Crippen molar-refractivity contribution >= 4 is 27.6 Å². The van der Waals surface area contributed by atoms with Gasteiger partial charge in [-0.15, -0.1) is 0 Å². The molecule has 1 aromatic carbocycles. The number of nitro benzene ring substituents is 1. The predicted octanol–water partition coefficient (Wildman–Crippen LogP) is 3.04. The van der Waals surface area contributed by atoms with Crippen LogP contribution in [0.2, 0.25) is 0 Å². The van der Waals surface area contributed by atoms with Gasteiger partial charge in [0.1, 0.15) is 0 Å². The smallest absolute Gasteiger partial charge is 0.310 e. The summed E-state index contributed by atoms with van der Waals surface area (Å²) in [6.07, 6.45) is 1.42. The van der Waals surface area contributed by atoms with Crippen LogP contribution in [0.4, 0.5) is 5.69 Å². The third kappa shape index (κ3) is 3.59. The molecule has 6 nitrogen and oxygen atoms in total. The van der Waals surface area contributed by atoms with Crippen LogP contribution in [0.25, 0.3) is 0 Å². The Morgan fingerprint density at radius 2 is 2.29 bits per heavy atom. The fraction of sp³-hybridized carbons (Fsp3) is 0.500. The molecule has 0 radical (unpaired) electrons. The second-order valence-electron chi connectivity index (χ2n) is 5.71. The van der Waals surface area contributed by atoms with Crippen molar-refractivity contribution < 1.29 is 14.8 Å². The SMILES string of the molecule is CC1(C(=O)O)CCCN(Cc2ccc(Br)cc2[N+](=O)[O-])C1. The minimum Gasteiger partial charge on any atom is -0.481 e. The second-order valence-corrected chi connectivity index (χ2v) is 6.63. The van der Waals surface area contributed by atoms with E-state index in [0.29, 0.717) is 29.5 Å². The number of benzene rings is 1. The van der Waals surface area contributed by atoms with Crippen LogP contribution >= 0.6 is 15.9 Å². The van der Waals surface area contributed by atoms with Gasteiger partial charge in [-0.25, -0.2) is 0 Å². The first kappa shape index (κ1) is 15.9. The van der Waals surface area contributed by atoms with Gasteiger partial charge in [0.15, 0.2) is 0 Å². The Hall–Kier alpha value is -1.47. The van der Waals surface area contributed by atoms with Gasteiger partial charge in [-0.3, -0.25) is 19.8 Å². The molecule has 1 aliphatic rings. The summed E-state index contributed by atoms with van der Waals surface area (Å²) in [5.74, 6) is -0.808. The zero-order valence-electron chi connectivity index (χ0n) is 11.7. The number of carboxylic acid groups (broad SMARTS) is 1. The molecule has 0 aromatic heterocycles. The molecule has 0 spiro atoms. The van der Waals surface area contributed by atoms with Crippen LogP contribution < -0.4 is 0 Å². The molecule has 1 saturated heterocycles. The number of piperidine rings is 1. The lowest BCUT2D eigenvalue weighted by Crippen LogP contribution is -2.45. The maximum absolute atomic E-state index is 11.4. The molecule has 0 amide bonds. The molecule has 1 atom stereocenters. The van der Waals surface area contributed by atoms with Gasteiger partial charge in [-0.2, -0.15) is 0 Å². The predicted molar refractivity (Wildman–Crippen MR) is 81.1 cm³/mol. The number of hydrogen-bond donors (Lipinski definition) is 1. The molecule has 0 bridgehead atoms. The molecule has 1 fully saturated rings. The molecule has 1 N–H and O–H groups in total. The zero-order valence-corrected chi connectivity index (χ0v) is 13.3. The number of nitrogens with zero attached hydrogens (tertiary/aromatic N) is 2. The molecule has 1 aromatic rings. The molecule has 1 unspecified atom stereocenters. The van der Waals surface area contributed by atoms with Crippen LogP contribution in [0.15, 0.2) is 22.7 Å². The minimum atomic E-state index is -0.808. The lowest BCUT2D eigenvalue weighted by Gasteiger charge is -2.37. The van der Waals surface area contributed by atoms with E-state index in [9.17, 15) is 20.0 Å². The monoisotopic (exact) mass is 356 g/mol. The molecule has 21 heavy (non-hydrogen) atoms. The number of hydrogen-bond acceptors (Lipinski definition) is 4. The van der Waals surface area contributed by atoms with Gasteiger partial charge in [0.2, 0.25) is 0 Å². The summed E-state index contributed by atoms with van der Waals surface area (Å²) in [7, 11) is 0. The van der Waals surface area contributed by atoms with Crippen molar-refractivity contribution in [2.45, 2.75) is 26.3 Å². The molecule has 1 heterocycles. The summed E-state index contributed by atoms with van der Waals surface area (Å²) in [5, 5.41) is 20.4. The van der Waals surface area contributed by atoms with Gasteiger partial charge in [-0.05, 0) is 38.4 Å². The number of aliphatic carboxylic acids is 1. The zero-order chi connectivity index (χ0) is 15.6. The number of halogens is 1. The van der Waals surface area contributed by atoms with Crippen LogP contribution in [0.3, 0.4) is 0 Å². The Balaban J connectivity index is 2.19. The van der Waals surface area contributed by atoms with Gasteiger partial charge in [0.05, 0.1) is 10.3 Å². The van der Waals surface area contributed by atoms with Gasteiger partial charge >= 0.3 is 5.97 Å². The van der Waals surface area contributed by atoms with Gasteiger partial charge in [-0.1, -0.05) is 15.9 Å². The highest BCUT2D eigenvalue weighted by molar-refractivity contribution is 9.10. The first-order valence-corrected chi connectivity index (χ1v) is 7.50. The van der Waals surface area contributed by atoms with Gasteiger partial charge < -0.3 is 5.11 Å². The van der Waals surface area contributed by atoms with Crippen molar-refractivity contribution in [3.8, 4) is 0 Å². The quantitative estimate of drug-likeness (QED) is 0.661. The highest BCUT2D eigenvalue weighted by atomic mass is 79.9. The summed E-state index contributed by atoms with van der Waals surface area (Å²) in [6, 6.07) is 4.97. The number of carbonyl (C=O) groups is 1. The molecular weight excluding hydrogens is 340 g/mol. The van der Waals surface area contributed by atoms with Crippen LogP contribution in [-0.4, -0.2) is 34.0 Å². The topological polar surface area (TPSA) is 83.7 Å². The first-order chi connectivity index (χ1) is 9.82. The maximum Gasteiger partial charge on any atom is 0.310 e. The molecule has 0 saturated carbocycles. The van der Waals surface area contributed by atoms with E-state index in [4.69, 9.17) is 0 Å². The molecule has 114 valence electrons. The maximum atomic E-state index is 11.4. The largest absolute Gasteiger partial charge is 0.481 e. The Bertz CT molecular complexity index is 578. The van der Waals surface area contributed by atoms with Crippen LogP contribution in [0.5, 0.6) is 0 Å². The third-order valence-corrected chi connectivity index (χ3v) is 4.42. The first-order valence-electron chi connectivity index (χ1n) is 6.70. The summed E-state index contributed by atoms with van der Waals surface area (Å²) in [4.78, 5) is 24.1. The van der Waals surface area contributed by atoms with Crippen LogP contribution in [-0.2, 0) is 11.3 Å². The number of likely N-dealkylation sites (tertiary alicyclic amines) is 1. The summed E-state index contributed by atoms with van der Waals surface area (Å²) in [5.41, 5.74) is -0.104. The lowest BCUT2D eigenvalue weighted by atomic mass is 9.82. The van der Waals surface area contributed by atoms with Gasteiger partial charge in [0, 0.05) is 29.2 Å². The molecular formula is C14H17BrN2O4. The van der Waals surface area contributed by atoms with E-state index < -0.39 is 16.3 Å². The fourth-order valence-corrected chi connectivity index (χ4v) is 3.08. The van der Waals surface area contributed by atoms with Gasteiger partial charge in [0.25, 0.3) is 5.69 Å². The van der Waals surface area contributed by atoms with Crippen molar-refractivity contribution in [3.63, 3.8) is 0 Å². The molecule has 2 rings (SSSR count). The number of rotatable bonds is 4. The van der Waals surface area contributed by atoms with Crippen molar-refractivity contribution in [1.29, 1.82) is 0 Å². The summed E-state index contributed by atoms with van der Waals surface area (Å²) < 4.78 is 0.659.